The summed E-state index contributed by atoms with van der Waals surface area (Å²) in [4.78, 5) is 51.7. The highest BCUT2D eigenvalue weighted by Crippen LogP contribution is 2.38. The summed E-state index contributed by atoms with van der Waals surface area (Å²) in [5.74, 6) is -1.46. The van der Waals surface area contributed by atoms with E-state index in [1.54, 1.807) is 13.0 Å². The number of benzene rings is 1. The van der Waals surface area contributed by atoms with Crippen molar-refractivity contribution in [1.82, 2.24) is 10.2 Å². The molecule has 4 rings (SSSR count). The van der Waals surface area contributed by atoms with Crippen molar-refractivity contribution in [1.29, 1.82) is 0 Å². The minimum absolute atomic E-state index is 0.204. The fraction of sp³-hybridized carbons (Fsp3) is 0.333. The zero-order valence-corrected chi connectivity index (χ0v) is 17.2. The van der Waals surface area contributed by atoms with Crippen molar-refractivity contribution in [2.75, 3.05) is 18.5 Å². The number of carbonyl (C=O) groups excluding carboxylic acids is 4. The van der Waals surface area contributed by atoms with Crippen LogP contribution in [0.2, 0.25) is 0 Å². The van der Waals surface area contributed by atoms with E-state index in [4.69, 9.17) is 4.74 Å². The van der Waals surface area contributed by atoms with Crippen LogP contribution < -0.4 is 10.6 Å². The molecule has 0 radical (unpaired) electrons. The standard InChI is InChI=1S/C21H21N3O5S/c1-2-29-18(26)17-14(11-15(30-17)13-7-4-3-5-8-13)22-16(25)12-24-19(27)21(9-6-10-21)23-20(24)28/h3-5,7-8,11H,2,6,9-10,12H2,1H3,(H,22,25)(H,23,28). The fourth-order valence-electron chi connectivity index (χ4n) is 3.60. The Morgan fingerprint density at radius 2 is 1.97 bits per heavy atom. The Morgan fingerprint density at radius 3 is 2.57 bits per heavy atom. The zero-order valence-electron chi connectivity index (χ0n) is 16.4. The van der Waals surface area contributed by atoms with Gasteiger partial charge in [-0.15, -0.1) is 11.3 Å². The van der Waals surface area contributed by atoms with Crippen LogP contribution in [0.3, 0.4) is 0 Å². The first-order valence-corrected chi connectivity index (χ1v) is 10.6. The van der Waals surface area contributed by atoms with E-state index in [9.17, 15) is 19.2 Å². The van der Waals surface area contributed by atoms with Crippen molar-refractivity contribution in [2.45, 2.75) is 31.7 Å². The minimum Gasteiger partial charge on any atom is -0.462 e. The molecular weight excluding hydrogens is 406 g/mol. The highest BCUT2D eigenvalue weighted by Gasteiger charge is 2.54. The fourth-order valence-corrected chi connectivity index (χ4v) is 4.61. The molecular formula is C21H21N3O5S. The van der Waals surface area contributed by atoms with Crippen LogP contribution in [0.1, 0.15) is 35.9 Å². The van der Waals surface area contributed by atoms with Crippen molar-refractivity contribution < 1.29 is 23.9 Å². The number of nitrogens with one attached hydrogen (secondary N) is 2. The topological polar surface area (TPSA) is 105 Å². The van der Waals surface area contributed by atoms with Crippen LogP contribution in [0.25, 0.3) is 10.4 Å². The molecule has 2 fully saturated rings. The summed E-state index contributed by atoms with van der Waals surface area (Å²) < 4.78 is 5.11. The Labute approximate surface area is 177 Å². The summed E-state index contributed by atoms with van der Waals surface area (Å²) >= 11 is 1.21. The van der Waals surface area contributed by atoms with E-state index < -0.39 is 30.0 Å². The van der Waals surface area contributed by atoms with Crippen molar-refractivity contribution in [3.8, 4) is 10.4 Å². The van der Waals surface area contributed by atoms with Gasteiger partial charge in [-0.25, -0.2) is 9.59 Å². The molecule has 0 atom stereocenters. The summed E-state index contributed by atoms with van der Waals surface area (Å²) in [6, 6.07) is 10.6. The lowest BCUT2D eigenvalue weighted by Gasteiger charge is -2.34. The number of hydrogen-bond donors (Lipinski definition) is 2. The van der Waals surface area contributed by atoms with Gasteiger partial charge in [0.1, 0.15) is 17.0 Å². The molecule has 1 saturated heterocycles. The molecule has 1 aromatic heterocycles. The van der Waals surface area contributed by atoms with E-state index >= 15 is 0 Å². The second kappa shape index (κ2) is 7.91. The zero-order chi connectivity index (χ0) is 21.3. The van der Waals surface area contributed by atoms with Gasteiger partial charge < -0.3 is 15.4 Å². The summed E-state index contributed by atoms with van der Waals surface area (Å²) in [6.45, 7) is 1.50. The van der Waals surface area contributed by atoms with E-state index in [0.29, 0.717) is 18.5 Å². The molecule has 2 aromatic rings. The molecule has 1 spiro atoms. The first-order chi connectivity index (χ1) is 14.4. The number of thiophene rings is 1. The minimum atomic E-state index is -0.837. The summed E-state index contributed by atoms with van der Waals surface area (Å²) in [6.07, 6.45) is 2.05. The normalized spacial score (nSPS) is 16.9. The van der Waals surface area contributed by atoms with Crippen LogP contribution in [0.4, 0.5) is 10.5 Å². The third-order valence-electron chi connectivity index (χ3n) is 5.28. The molecule has 30 heavy (non-hydrogen) atoms. The van der Waals surface area contributed by atoms with E-state index in [0.717, 1.165) is 21.8 Å². The highest BCUT2D eigenvalue weighted by molar-refractivity contribution is 7.18. The number of amides is 4. The van der Waals surface area contributed by atoms with Gasteiger partial charge >= 0.3 is 12.0 Å². The molecule has 0 unspecified atom stereocenters. The van der Waals surface area contributed by atoms with Gasteiger partial charge in [-0.2, -0.15) is 0 Å². The van der Waals surface area contributed by atoms with Gasteiger partial charge in [0, 0.05) is 4.88 Å². The van der Waals surface area contributed by atoms with Crippen LogP contribution in [0.15, 0.2) is 36.4 Å². The second-order valence-electron chi connectivity index (χ2n) is 7.25. The summed E-state index contributed by atoms with van der Waals surface area (Å²) in [5.41, 5.74) is 0.360. The van der Waals surface area contributed by atoms with Crippen molar-refractivity contribution in [3.05, 3.63) is 41.3 Å². The molecule has 0 bridgehead atoms. The predicted molar refractivity (Wildman–Crippen MR) is 111 cm³/mol. The van der Waals surface area contributed by atoms with Gasteiger partial charge in [0.2, 0.25) is 5.91 Å². The Kier molecular flexibility index (Phi) is 5.29. The Bertz CT molecular complexity index is 1010. The van der Waals surface area contributed by atoms with Gasteiger partial charge in [-0.3, -0.25) is 14.5 Å². The highest BCUT2D eigenvalue weighted by atomic mass is 32.1. The Hall–Kier alpha value is -3.20. The summed E-state index contributed by atoms with van der Waals surface area (Å²) in [5, 5.41) is 5.36. The number of hydrogen-bond acceptors (Lipinski definition) is 6. The molecule has 2 aliphatic rings. The molecule has 2 heterocycles. The summed E-state index contributed by atoms with van der Waals surface area (Å²) in [7, 11) is 0. The number of imide groups is 1. The maximum atomic E-state index is 12.6. The van der Waals surface area contributed by atoms with Gasteiger partial charge in [0.25, 0.3) is 5.91 Å². The third-order valence-corrected chi connectivity index (χ3v) is 6.44. The van der Waals surface area contributed by atoms with E-state index in [-0.39, 0.29) is 17.4 Å². The maximum absolute atomic E-state index is 12.6. The number of esters is 1. The monoisotopic (exact) mass is 427 g/mol. The van der Waals surface area contributed by atoms with Gasteiger partial charge in [-0.1, -0.05) is 30.3 Å². The second-order valence-corrected chi connectivity index (χ2v) is 8.30. The molecule has 1 aliphatic carbocycles. The average molecular weight is 427 g/mol. The smallest absolute Gasteiger partial charge is 0.350 e. The number of urea groups is 1. The molecule has 2 N–H and O–H groups in total. The number of anilines is 1. The van der Waals surface area contributed by atoms with E-state index in [2.05, 4.69) is 10.6 Å². The van der Waals surface area contributed by atoms with E-state index in [1.807, 2.05) is 30.3 Å². The Balaban J connectivity index is 1.53. The van der Waals surface area contributed by atoms with E-state index in [1.165, 1.54) is 11.3 Å². The molecule has 9 heteroatoms. The van der Waals surface area contributed by atoms with Gasteiger partial charge in [-0.05, 0) is 37.8 Å². The van der Waals surface area contributed by atoms with Crippen LogP contribution >= 0.6 is 11.3 Å². The van der Waals surface area contributed by atoms with Crippen LogP contribution in [0.5, 0.6) is 0 Å². The number of rotatable bonds is 6. The lowest BCUT2D eigenvalue weighted by molar-refractivity contribution is -0.136. The molecule has 156 valence electrons. The first kappa shape index (κ1) is 20.1. The molecule has 1 aliphatic heterocycles. The average Bonchev–Trinajstić information content (AvgIpc) is 3.23. The van der Waals surface area contributed by atoms with Gasteiger partial charge in [0.15, 0.2) is 0 Å². The van der Waals surface area contributed by atoms with Crippen LogP contribution in [0, 0.1) is 0 Å². The largest absolute Gasteiger partial charge is 0.462 e. The predicted octanol–water partition coefficient (Wildman–Crippen LogP) is 3.00. The number of carbonyl (C=O) groups is 4. The molecule has 1 aromatic carbocycles. The third kappa shape index (κ3) is 3.56. The SMILES string of the molecule is CCOC(=O)c1sc(-c2ccccc2)cc1NC(=O)CN1C(=O)NC2(CCC2)C1=O. The van der Waals surface area contributed by atoms with Crippen molar-refractivity contribution in [3.63, 3.8) is 0 Å². The Morgan fingerprint density at radius 1 is 1.23 bits per heavy atom. The lowest BCUT2D eigenvalue weighted by Crippen LogP contribution is -2.52. The quantitative estimate of drug-likeness (QED) is 0.545. The lowest BCUT2D eigenvalue weighted by atomic mass is 9.77. The number of ether oxygens (including phenoxy) is 1. The van der Waals surface area contributed by atoms with Gasteiger partial charge in [0.05, 0.1) is 12.3 Å². The van der Waals surface area contributed by atoms with Crippen molar-refractivity contribution in [2.24, 2.45) is 0 Å². The van der Waals surface area contributed by atoms with Crippen LogP contribution in [-0.2, 0) is 14.3 Å². The molecule has 4 amide bonds. The van der Waals surface area contributed by atoms with Crippen LogP contribution in [-0.4, -0.2) is 47.4 Å². The maximum Gasteiger partial charge on any atom is 0.350 e. The molecule has 1 saturated carbocycles. The van der Waals surface area contributed by atoms with Crippen molar-refractivity contribution >= 4 is 40.8 Å². The number of nitrogens with zero attached hydrogens (tertiary/aromatic N) is 1. The molecule has 8 nitrogen and oxygen atoms in total. The first-order valence-electron chi connectivity index (χ1n) is 9.74.